The molecule has 4 atom stereocenters. The molecule has 27 heavy (non-hydrogen) atoms. The number of nitrogens with zero attached hydrogens (tertiary/aromatic N) is 1. The van der Waals surface area contributed by atoms with E-state index in [1.807, 2.05) is 4.98 Å². The minimum Gasteiger partial charge on any atom is -0.394 e. The van der Waals surface area contributed by atoms with Crippen molar-refractivity contribution in [3.63, 3.8) is 0 Å². The first-order valence-electron chi connectivity index (χ1n) is 7.87. The Labute approximate surface area is 149 Å². The van der Waals surface area contributed by atoms with Crippen molar-refractivity contribution < 1.29 is 37.7 Å². The highest BCUT2D eigenvalue weighted by Gasteiger charge is 2.45. The predicted octanol–water partition coefficient (Wildman–Crippen LogP) is -1.76. The number of aliphatic hydroxyl groups is 2. The van der Waals surface area contributed by atoms with Gasteiger partial charge in [0.15, 0.2) is 6.23 Å². The number of hydrogen-bond donors (Lipinski definition) is 4. The lowest BCUT2D eigenvalue weighted by Gasteiger charge is -2.22. The fourth-order valence-corrected chi connectivity index (χ4v) is 2.49. The van der Waals surface area contributed by atoms with Crippen LogP contribution in [0.1, 0.15) is 12.6 Å². The lowest BCUT2D eigenvalue weighted by Crippen LogP contribution is -2.40. The van der Waals surface area contributed by atoms with E-state index in [0.29, 0.717) is 0 Å². The number of amides is 1. The molecule has 2 heterocycles. The van der Waals surface area contributed by atoms with Crippen LogP contribution < -0.4 is 16.6 Å². The molecule has 0 bridgehead atoms. The first-order valence-corrected chi connectivity index (χ1v) is 7.87. The second-order valence-corrected chi connectivity index (χ2v) is 5.70. The van der Waals surface area contributed by atoms with Gasteiger partial charge in [-0.15, -0.1) is 0 Å². The molecule has 0 aromatic carbocycles. The van der Waals surface area contributed by atoms with Crippen molar-refractivity contribution in [2.45, 2.75) is 37.1 Å². The summed E-state index contributed by atoms with van der Waals surface area (Å²) in [4.78, 5) is 35.7. The SMILES string of the molecule is O=C(NCCCO[C@@H]1[C@H](O)[C@@H](CO)O[C@H]1n1ccc(=O)[nH]c1=O)C(F)(F)F. The molecule has 10 nitrogen and oxygen atoms in total. The van der Waals surface area contributed by atoms with Crippen LogP contribution in [0.2, 0.25) is 0 Å². The molecule has 1 aliphatic heterocycles. The summed E-state index contributed by atoms with van der Waals surface area (Å²) in [5.41, 5.74) is -1.48. The molecule has 1 aromatic heterocycles. The Bertz CT molecular complexity index is 763. The molecule has 0 aliphatic carbocycles. The third-order valence-corrected chi connectivity index (χ3v) is 3.79. The first kappa shape index (κ1) is 21.1. The first-order chi connectivity index (χ1) is 12.6. The van der Waals surface area contributed by atoms with Crippen molar-refractivity contribution >= 4 is 5.91 Å². The van der Waals surface area contributed by atoms with Gasteiger partial charge in [0.1, 0.15) is 18.3 Å². The van der Waals surface area contributed by atoms with E-state index in [-0.39, 0.29) is 19.6 Å². The normalized spacial score (nSPS) is 25.5. The van der Waals surface area contributed by atoms with Gasteiger partial charge in [0.2, 0.25) is 0 Å². The van der Waals surface area contributed by atoms with E-state index in [1.54, 1.807) is 5.32 Å². The molecule has 1 fully saturated rings. The van der Waals surface area contributed by atoms with Gasteiger partial charge in [-0.1, -0.05) is 0 Å². The van der Waals surface area contributed by atoms with E-state index in [2.05, 4.69) is 0 Å². The molecule has 1 amide bonds. The summed E-state index contributed by atoms with van der Waals surface area (Å²) < 4.78 is 47.9. The number of aromatic amines is 1. The van der Waals surface area contributed by atoms with Gasteiger partial charge in [0.05, 0.1) is 6.61 Å². The summed E-state index contributed by atoms with van der Waals surface area (Å²) in [7, 11) is 0. The molecule has 0 unspecified atom stereocenters. The number of carbonyl (C=O) groups excluding carboxylic acids is 1. The van der Waals surface area contributed by atoms with Gasteiger partial charge in [0.25, 0.3) is 5.56 Å². The summed E-state index contributed by atoms with van der Waals surface area (Å²) >= 11 is 0. The van der Waals surface area contributed by atoms with Gasteiger partial charge in [0, 0.05) is 25.4 Å². The zero-order valence-electron chi connectivity index (χ0n) is 13.8. The standard InChI is InChI=1S/C14H18F3N3O7/c15-14(16,17)12(24)18-3-1-5-26-10-9(23)7(6-21)27-11(10)20-4-2-8(22)19-13(20)25/h2,4,7,9-11,21,23H,1,3,5-6H2,(H,18,24)(H,19,22,25)/t7-,9-,10-,11-/m1/s1. The van der Waals surface area contributed by atoms with E-state index < -0.39 is 54.5 Å². The van der Waals surface area contributed by atoms with Crippen molar-refractivity contribution in [3.05, 3.63) is 33.1 Å². The van der Waals surface area contributed by atoms with Gasteiger partial charge in [-0.3, -0.25) is 19.1 Å². The molecule has 0 saturated carbocycles. The van der Waals surface area contributed by atoms with Gasteiger partial charge >= 0.3 is 17.8 Å². The molecule has 1 aromatic rings. The number of ether oxygens (including phenoxy) is 2. The summed E-state index contributed by atoms with van der Waals surface area (Å²) in [5, 5.41) is 21.1. The molecular formula is C14H18F3N3O7. The van der Waals surface area contributed by atoms with Crippen LogP contribution in [0, 0.1) is 0 Å². The smallest absolute Gasteiger partial charge is 0.394 e. The topological polar surface area (TPSA) is 143 Å². The number of alkyl halides is 3. The molecule has 1 aliphatic rings. The van der Waals surface area contributed by atoms with Crippen LogP contribution in [0.5, 0.6) is 0 Å². The van der Waals surface area contributed by atoms with Crippen LogP contribution >= 0.6 is 0 Å². The summed E-state index contributed by atoms with van der Waals surface area (Å²) in [5.74, 6) is -2.08. The lowest BCUT2D eigenvalue weighted by molar-refractivity contribution is -0.173. The zero-order chi connectivity index (χ0) is 20.2. The van der Waals surface area contributed by atoms with Gasteiger partial charge in [-0.2, -0.15) is 13.2 Å². The monoisotopic (exact) mass is 397 g/mol. The van der Waals surface area contributed by atoms with Crippen molar-refractivity contribution in [2.24, 2.45) is 0 Å². The number of carbonyl (C=O) groups is 1. The van der Waals surface area contributed by atoms with Crippen molar-refractivity contribution in [3.8, 4) is 0 Å². The Balaban J connectivity index is 1.98. The van der Waals surface area contributed by atoms with Crippen LogP contribution in [-0.4, -0.2) is 69.9 Å². The Morgan fingerprint density at radius 3 is 2.70 bits per heavy atom. The fourth-order valence-electron chi connectivity index (χ4n) is 2.49. The van der Waals surface area contributed by atoms with E-state index in [1.165, 1.54) is 0 Å². The second-order valence-electron chi connectivity index (χ2n) is 5.70. The van der Waals surface area contributed by atoms with E-state index in [0.717, 1.165) is 16.8 Å². The van der Waals surface area contributed by atoms with Crippen LogP contribution in [0.25, 0.3) is 0 Å². The molecule has 1 saturated heterocycles. The number of hydrogen-bond acceptors (Lipinski definition) is 7. The number of aliphatic hydroxyl groups excluding tert-OH is 2. The number of rotatable bonds is 7. The third kappa shape index (κ3) is 5.15. The minimum absolute atomic E-state index is 0.0118. The van der Waals surface area contributed by atoms with Crippen LogP contribution in [0.15, 0.2) is 21.9 Å². The van der Waals surface area contributed by atoms with Crippen molar-refractivity contribution in [2.75, 3.05) is 19.8 Å². The van der Waals surface area contributed by atoms with Crippen molar-refractivity contribution in [1.29, 1.82) is 0 Å². The number of nitrogens with one attached hydrogen (secondary N) is 2. The Kier molecular flexibility index (Phi) is 6.75. The minimum atomic E-state index is -4.98. The van der Waals surface area contributed by atoms with Gasteiger partial charge < -0.3 is 25.0 Å². The van der Waals surface area contributed by atoms with Crippen molar-refractivity contribution in [1.82, 2.24) is 14.9 Å². The van der Waals surface area contributed by atoms with E-state index >= 15 is 0 Å². The Morgan fingerprint density at radius 1 is 1.41 bits per heavy atom. The molecule has 0 spiro atoms. The Hall–Kier alpha value is -2.22. The summed E-state index contributed by atoms with van der Waals surface area (Å²) in [6.07, 6.45) is -8.58. The number of halogens is 3. The summed E-state index contributed by atoms with van der Waals surface area (Å²) in [6.45, 7) is -1.07. The van der Waals surface area contributed by atoms with Gasteiger partial charge in [-0.05, 0) is 6.42 Å². The molecule has 2 rings (SSSR count). The highest BCUT2D eigenvalue weighted by Crippen LogP contribution is 2.30. The van der Waals surface area contributed by atoms with Gasteiger partial charge in [-0.25, -0.2) is 4.79 Å². The lowest BCUT2D eigenvalue weighted by atomic mass is 10.1. The highest BCUT2D eigenvalue weighted by atomic mass is 19.4. The molecule has 152 valence electrons. The quantitative estimate of drug-likeness (QED) is 0.399. The van der Waals surface area contributed by atoms with Crippen LogP contribution in [-0.2, 0) is 14.3 Å². The maximum Gasteiger partial charge on any atom is 0.471 e. The maximum atomic E-state index is 12.1. The Morgan fingerprint density at radius 2 is 2.11 bits per heavy atom. The molecule has 0 radical (unpaired) electrons. The summed E-state index contributed by atoms with van der Waals surface area (Å²) in [6, 6.07) is 1.05. The van der Waals surface area contributed by atoms with Crippen LogP contribution in [0.3, 0.4) is 0 Å². The average molecular weight is 397 g/mol. The maximum absolute atomic E-state index is 12.1. The zero-order valence-corrected chi connectivity index (χ0v) is 13.8. The highest BCUT2D eigenvalue weighted by molar-refractivity contribution is 5.81. The number of H-pyrrole nitrogens is 1. The number of aromatic nitrogens is 2. The average Bonchev–Trinajstić information content (AvgIpc) is 2.89. The molecular weight excluding hydrogens is 379 g/mol. The van der Waals surface area contributed by atoms with E-state index in [9.17, 15) is 37.8 Å². The molecule has 4 N–H and O–H groups in total. The predicted molar refractivity (Wildman–Crippen MR) is 81.7 cm³/mol. The van der Waals surface area contributed by atoms with Crippen LogP contribution in [0.4, 0.5) is 13.2 Å². The fraction of sp³-hybridized carbons (Fsp3) is 0.643. The second kappa shape index (κ2) is 8.65. The third-order valence-electron chi connectivity index (χ3n) is 3.79. The largest absolute Gasteiger partial charge is 0.471 e. The molecule has 13 heteroatoms. The van der Waals surface area contributed by atoms with E-state index in [4.69, 9.17) is 9.47 Å².